The van der Waals surface area contributed by atoms with Gasteiger partial charge < -0.3 is 0 Å². The minimum absolute atomic E-state index is 0.0411. The van der Waals surface area contributed by atoms with Crippen molar-refractivity contribution in [3.63, 3.8) is 0 Å². The van der Waals surface area contributed by atoms with Gasteiger partial charge in [-0.1, -0.05) is 32.9 Å². The van der Waals surface area contributed by atoms with Crippen molar-refractivity contribution in [3.8, 4) is 11.3 Å². The van der Waals surface area contributed by atoms with E-state index in [-0.39, 0.29) is 16.0 Å². The zero-order valence-corrected chi connectivity index (χ0v) is 16.5. The summed E-state index contributed by atoms with van der Waals surface area (Å²) in [5.74, 6) is 0. The number of hydrogen-bond acceptors (Lipinski definition) is 4. The first-order valence-electron chi connectivity index (χ1n) is 8.34. The summed E-state index contributed by atoms with van der Waals surface area (Å²) in [6.45, 7) is 6.83. The lowest BCUT2D eigenvalue weighted by Gasteiger charge is -2.18. The number of aryl methyl sites for hydroxylation is 1. The number of nitrogens with zero attached hydrogens (tertiary/aromatic N) is 3. The Morgan fingerprint density at radius 2 is 1.81 bits per heavy atom. The van der Waals surface area contributed by atoms with Gasteiger partial charge in [-0.3, -0.25) is 9.13 Å². The van der Waals surface area contributed by atoms with E-state index in [1.54, 1.807) is 29.8 Å². The molecule has 6 nitrogen and oxygen atoms in total. The Kier molecular flexibility index (Phi) is 4.30. The molecule has 0 saturated heterocycles. The summed E-state index contributed by atoms with van der Waals surface area (Å²) < 4.78 is 26.9. The number of sulfone groups is 1. The molecular weight excluding hydrogens is 350 g/mol. The van der Waals surface area contributed by atoms with Crippen LogP contribution in [0.15, 0.2) is 46.1 Å². The third kappa shape index (κ3) is 3.44. The molecule has 7 heteroatoms. The van der Waals surface area contributed by atoms with Crippen LogP contribution in [-0.4, -0.2) is 28.8 Å². The van der Waals surface area contributed by atoms with Crippen molar-refractivity contribution in [2.24, 2.45) is 12.5 Å². The summed E-state index contributed by atoms with van der Waals surface area (Å²) in [4.78, 5) is 17.5. The second-order valence-corrected chi connectivity index (χ2v) is 9.84. The first kappa shape index (κ1) is 18.4. The highest BCUT2D eigenvalue weighted by Crippen LogP contribution is 2.24. The fraction of sp³-hybridized carbons (Fsp3) is 0.368. The molecule has 0 aliphatic carbocycles. The van der Waals surface area contributed by atoms with E-state index < -0.39 is 9.84 Å². The van der Waals surface area contributed by atoms with Crippen LogP contribution in [-0.2, 0) is 23.4 Å². The number of pyridine rings is 1. The second-order valence-electron chi connectivity index (χ2n) is 7.83. The van der Waals surface area contributed by atoms with Crippen molar-refractivity contribution >= 4 is 21.0 Å². The molecule has 0 radical (unpaired) electrons. The number of aromatic nitrogens is 3. The van der Waals surface area contributed by atoms with Crippen LogP contribution in [0, 0.1) is 5.41 Å². The molecule has 0 fully saturated rings. The first-order chi connectivity index (χ1) is 12.0. The van der Waals surface area contributed by atoms with Crippen molar-refractivity contribution in [1.82, 2.24) is 14.1 Å². The van der Waals surface area contributed by atoms with E-state index >= 15 is 0 Å². The van der Waals surface area contributed by atoms with Crippen LogP contribution in [0.2, 0.25) is 0 Å². The molecule has 0 aliphatic heterocycles. The Balaban J connectivity index is 2.17. The van der Waals surface area contributed by atoms with E-state index in [1.807, 2.05) is 18.2 Å². The monoisotopic (exact) mass is 373 g/mol. The van der Waals surface area contributed by atoms with Crippen LogP contribution >= 0.6 is 0 Å². The predicted molar refractivity (Wildman–Crippen MR) is 103 cm³/mol. The molecule has 0 bridgehead atoms. The van der Waals surface area contributed by atoms with Gasteiger partial charge in [0.1, 0.15) is 0 Å². The average molecular weight is 373 g/mol. The van der Waals surface area contributed by atoms with E-state index in [9.17, 15) is 13.2 Å². The van der Waals surface area contributed by atoms with Crippen molar-refractivity contribution in [3.05, 3.63) is 46.9 Å². The Morgan fingerprint density at radius 1 is 1.12 bits per heavy atom. The van der Waals surface area contributed by atoms with E-state index in [2.05, 4.69) is 25.8 Å². The van der Waals surface area contributed by atoms with Crippen LogP contribution in [0.25, 0.3) is 22.4 Å². The molecule has 1 aromatic carbocycles. The van der Waals surface area contributed by atoms with Gasteiger partial charge in [0.15, 0.2) is 15.5 Å². The van der Waals surface area contributed by atoms with Gasteiger partial charge in [0.05, 0.1) is 16.1 Å². The summed E-state index contributed by atoms with van der Waals surface area (Å²) >= 11 is 0. The highest BCUT2D eigenvalue weighted by molar-refractivity contribution is 7.90. The van der Waals surface area contributed by atoms with E-state index in [1.165, 1.54) is 10.8 Å². The maximum absolute atomic E-state index is 12.6. The third-order valence-electron chi connectivity index (χ3n) is 4.17. The molecule has 0 atom stereocenters. The van der Waals surface area contributed by atoms with Crippen LogP contribution in [0.4, 0.5) is 0 Å². The van der Waals surface area contributed by atoms with Crippen LogP contribution in [0.5, 0.6) is 0 Å². The number of imidazole rings is 1. The van der Waals surface area contributed by atoms with Crippen molar-refractivity contribution in [1.29, 1.82) is 0 Å². The fourth-order valence-electron chi connectivity index (χ4n) is 2.95. The molecule has 3 rings (SSSR count). The minimum atomic E-state index is -3.29. The van der Waals surface area contributed by atoms with Gasteiger partial charge in [0, 0.05) is 25.4 Å². The molecule has 0 spiro atoms. The lowest BCUT2D eigenvalue weighted by atomic mass is 9.97. The van der Waals surface area contributed by atoms with E-state index in [4.69, 9.17) is 0 Å². The zero-order valence-electron chi connectivity index (χ0n) is 15.6. The van der Waals surface area contributed by atoms with Crippen LogP contribution < -0.4 is 5.69 Å². The molecule has 0 amide bonds. The maximum atomic E-state index is 12.6. The largest absolute Gasteiger partial charge is 0.330 e. The van der Waals surface area contributed by atoms with Gasteiger partial charge in [-0.2, -0.15) is 0 Å². The maximum Gasteiger partial charge on any atom is 0.330 e. The molecule has 0 saturated carbocycles. The third-order valence-corrected chi connectivity index (χ3v) is 5.28. The lowest BCUT2D eigenvalue weighted by molar-refractivity contribution is 0.342. The number of rotatable bonds is 3. The fourth-order valence-corrected chi connectivity index (χ4v) is 3.61. The van der Waals surface area contributed by atoms with Gasteiger partial charge >= 0.3 is 5.69 Å². The Labute approximate surface area is 153 Å². The number of benzene rings is 1. The van der Waals surface area contributed by atoms with Crippen molar-refractivity contribution in [2.75, 3.05) is 6.26 Å². The van der Waals surface area contributed by atoms with Crippen LogP contribution in [0.3, 0.4) is 0 Å². The summed E-state index contributed by atoms with van der Waals surface area (Å²) in [5.41, 5.74) is 2.54. The van der Waals surface area contributed by atoms with Crippen molar-refractivity contribution < 1.29 is 8.42 Å². The SMILES string of the molecule is Cn1c(=O)n(CC(C)(C)C)c2ccc(-c3cccc(S(C)(=O)=O)c3)nc21. The summed E-state index contributed by atoms with van der Waals surface area (Å²) in [5, 5.41) is 0. The summed E-state index contributed by atoms with van der Waals surface area (Å²) in [6, 6.07) is 10.4. The van der Waals surface area contributed by atoms with E-state index in [0.29, 0.717) is 23.4 Å². The minimum Gasteiger partial charge on any atom is -0.290 e. The quantitative estimate of drug-likeness (QED) is 0.708. The molecule has 0 N–H and O–H groups in total. The molecule has 2 aromatic heterocycles. The first-order valence-corrected chi connectivity index (χ1v) is 10.2. The highest BCUT2D eigenvalue weighted by atomic mass is 32.2. The highest BCUT2D eigenvalue weighted by Gasteiger charge is 2.19. The number of hydrogen-bond donors (Lipinski definition) is 0. The Bertz CT molecular complexity index is 1150. The molecule has 138 valence electrons. The average Bonchev–Trinajstić information content (AvgIpc) is 2.77. The van der Waals surface area contributed by atoms with Gasteiger partial charge in [-0.25, -0.2) is 18.2 Å². The van der Waals surface area contributed by atoms with Gasteiger partial charge in [0.25, 0.3) is 0 Å². The molecule has 0 unspecified atom stereocenters. The van der Waals surface area contributed by atoms with Crippen LogP contribution in [0.1, 0.15) is 20.8 Å². The smallest absolute Gasteiger partial charge is 0.290 e. The topological polar surface area (TPSA) is 74.0 Å². The van der Waals surface area contributed by atoms with Gasteiger partial charge in [-0.15, -0.1) is 0 Å². The molecule has 2 heterocycles. The summed E-state index contributed by atoms with van der Waals surface area (Å²) in [7, 11) is -1.59. The second kappa shape index (κ2) is 6.09. The summed E-state index contributed by atoms with van der Waals surface area (Å²) in [6.07, 6.45) is 1.18. The number of fused-ring (bicyclic) bond motifs is 1. The Morgan fingerprint density at radius 3 is 2.42 bits per heavy atom. The van der Waals surface area contributed by atoms with Gasteiger partial charge in [-0.05, 0) is 29.7 Å². The van der Waals surface area contributed by atoms with Gasteiger partial charge in [0.2, 0.25) is 0 Å². The normalized spacial score (nSPS) is 12.7. The van der Waals surface area contributed by atoms with E-state index in [0.717, 1.165) is 5.52 Å². The standard InChI is InChI=1S/C19H23N3O3S/c1-19(2,3)12-22-16-10-9-15(20-17(16)21(4)18(22)23)13-7-6-8-14(11-13)26(5,24)25/h6-11H,12H2,1-5H3. The molecule has 3 aromatic rings. The molecule has 26 heavy (non-hydrogen) atoms. The Hall–Kier alpha value is -2.41. The molecule has 0 aliphatic rings. The van der Waals surface area contributed by atoms with Crippen molar-refractivity contribution in [2.45, 2.75) is 32.2 Å². The zero-order chi connectivity index (χ0) is 19.3. The molecular formula is C19H23N3O3S. The lowest BCUT2D eigenvalue weighted by Crippen LogP contribution is -2.27. The predicted octanol–water partition coefficient (Wildman–Crippen LogP) is 2.85.